The molecule has 9 heteroatoms. The molecule has 3 aliphatic rings. The summed E-state index contributed by atoms with van der Waals surface area (Å²) in [5.41, 5.74) is 3.35. The number of amides is 2. The van der Waals surface area contributed by atoms with Gasteiger partial charge < -0.3 is 25.6 Å². The van der Waals surface area contributed by atoms with Gasteiger partial charge in [0.05, 0.1) is 18.6 Å². The molecule has 5 rings (SSSR count). The standard InChI is InChI=1S/C29H41N5O4/c1-17-9-10-20-21(14-31-23(20)13-17)22-15-33(16-25(35)36)24-11-12-34(27(22)24)29(38)26(19-7-5-4-6-8-19)32-28(37)18(2)30-3/h9-10,13-14,18-19,22,24,26-27,30-31H,4-8,11-12,15-16H2,1-3H3,(H,32,37)(H,35,36)/t18-,22+,24+,26-,27+/m0/s1. The maximum Gasteiger partial charge on any atom is 0.317 e. The summed E-state index contributed by atoms with van der Waals surface area (Å²) < 4.78 is 0. The molecule has 1 aromatic carbocycles. The van der Waals surface area contributed by atoms with Crippen molar-refractivity contribution < 1.29 is 19.5 Å². The Bertz CT molecular complexity index is 1190. The Morgan fingerprint density at radius 1 is 1.16 bits per heavy atom. The summed E-state index contributed by atoms with van der Waals surface area (Å²) in [7, 11) is 1.75. The Balaban J connectivity index is 1.48. The van der Waals surface area contributed by atoms with Gasteiger partial charge in [0.25, 0.3) is 0 Å². The predicted octanol–water partition coefficient (Wildman–Crippen LogP) is 2.60. The number of H-pyrrole nitrogens is 1. The molecule has 9 nitrogen and oxygen atoms in total. The Morgan fingerprint density at radius 2 is 1.92 bits per heavy atom. The first kappa shape index (κ1) is 26.7. The lowest BCUT2D eigenvalue weighted by Gasteiger charge is -2.36. The molecule has 38 heavy (non-hydrogen) atoms. The third-order valence-corrected chi connectivity index (χ3v) is 9.13. The highest BCUT2D eigenvalue weighted by atomic mass is 16.4. The van der Waals surface area contributed by atoms with Crippen LogP contribution in [0.3, 0.4) is 0 Å². The summed E-state index contributed by atoms with van der Waals surface area (Å²) in [4.78, 5) is 46.5. The van der Waals surface area contributed by atoms with Gasteiger partial charge in [0.2, 0.25) is 11.8 Å². The number of hydrogen-bond donors (Lipinski definition) is 4. The summed E-state index contributed by atoms with van der Waals surface area (Å²) >= 11 is 0. The molecule has 1 saturated carbocycles. The first-order valence-corrected chi connectivity index (χ1v) is 14.1. The number of carbonyl (C=O) groups excluding carboxylic acids is 2. The number of likely N-dealkylation sites (N-methyl/N-ethyl adjacent to an activating group) is 1. The molecule has 2 aromatic rings. The van der Waals surface area contributed by atoms with Crippen LogP contribution >= 0.6 is 0 Å². The quantitative estimate of drug-likeness (QED) is 0.423. The number of nitrogens with zero attached hydrogens (tertiary/aromatic N) is 2. The largest absolute Gasteiger partial charge is 0.480 e. The van der Waals surface area contributed by atoms with Gasteiger partial charge in [-0.1, -0.05) is 31.4 Å². The van der Waals surface area contributed by atoms with Crippen molar-refractivity contribution in [3.63, 3.8) is 0 Å². The lowest BCUT2D eigenvalue weighted by molar-refractivity contribution is -0.139. The van der Waals surface area contributed by atoms with Crippen LogP contribution in [-0.4, -0.2) is 88.5 Å². The number of carboxylic acid groups (broad SMARTS) is 1. The van der Waals surface area contributed by atoms with Crippen molar-refractivity contribution in [1.82, 2.24) is 25.4 Å². The van der Waals surface area contributed by atoms with Crippen LogP contribution < -0.4 is 10.6 Å². The average Bonchev–Trinajstić information content (AvgIpc) is 3.61. The predicted molar refractivity (Wildman–Crippen MR) is 146 cm³/mol. The number of rotatable bonds is 8. The first-order valence-electron chi connectivity index (χ1n) is 14.1. The molecule has 4 N–H and O–H groups in total. The van der Waals surface area contributed by atoms with Gasteiger partial charge in [-0.2, -0.15) is 0 Å². The lowest BCUT2D eigenvalue weighted by atomic mass is 9.82. The average molecular weight is 524 g/mol. The van der Waals surface area contributed by atoms with Crippen molar-refractivity contribution in [2.45, 2.75) is 82.5 Å². The van der Waals surface area contributed by atoms with E-state index in [1.807, 2.05) is 16.0 Å². The molecule has 0 bridgehead atoms. The molecular formula is C29H41N5O4. The SMILES string of the molecule is CN[C@@H](C)C(=O)N[C@H](C(=O)N1CC[C@@H]2[C@H]1[C@@H](c1c[nH]c3cc(C)ccc13)CN2CC(=O)O)C1CCCCC1. The first-order chi connectivity index (χ1) is 18.3. The molecule has 3 heterocycles. The Kier molecular flexibility index (Phi) is 7.77. The molecule has 0 spiro atoms. The fraction of sp³-hybridized carbons (Fsp3) is 0.621. The van der Waals surface area contributed by atoms with Crippen LogP contribution in [0.4, 0.5) is 0 Å². The van der Waals surface area contributed by atoms with E-state index in [0.717, 1.165) is 48.6 Å². The van der Waals surface area contributed by atoms with Gasteiger partial charge in [-0.05, 0) is 63.3 Å². The highest BCUT2D eigenvalue weighted by Crippen LogP contribution is 2.43. The number of carboxylic acids is 1. The van der Waals surface area contributed by atoms with E-state index in [9.17, 15) is 19.5 Å². The van der Waals surface area contributed by atoms with E-state index < -0.39 is 12.0 Å². The Labute approximate surface area is 224 Å². The zero-order valence-electron chi connectivity index (χ0n) is 22.7. The fourth-order valence-corrected chi connectivity index (χ4v) is 7.08. The van der Waals surface area contributed by atoms with Crippen LogP contribution in [0.15, 0.2) is 24.4 Å². The number of benzene rings is 1. The molecule has 206 valence electrons. The highest BCUT2D eigenvalue weighted by Gasteiger charge is 2.52. The fourth-order valence-electron chi connectivity index (χ4n) is 7.08. The minimum atomic E-state index is -0.850. The van der Waals surface area contributed by atoms with Crippen LogP contribution in [-0.2, 0) is 14.4 Å². The summed E-state index contributed by atoms with van der Waals surface area (Å²) in [6, 6.07) is 5.24. The number of carbonyl (C=O) groups is 3. The van der Waals surface area contributed by atoms with Crippen LogP contribution in [0.25, 0.3) is 10.9 Å². The van der Waals surface area contributed by atoms with Crippen LogP contribution in [0.2, 0.25) is 0 Å². The van der Waals surface area contributed by atoms with E-state index >= 15 is 0 Å². The molecule has 0 radical (unpaired) electrons. The minimum Gasteiger partial charge on any atom is -0.480 e. The highest BCUT2D eigenvalue weighted by molar-refractivity contribution is 5.90. The van der Waals surface area contributed by atoms with E-state index in [0.29, 0.717) is 13.1 Å². The third-order valence-electron chi connectivity index (χ3n) is 9.13. The van der Waals surface area contributed by atoms with E-state index in [1.54, 1.807) is 14.0 Å². The van der Waals surface area contributed by atoms with Crippen molar-refractivity contribution in [2.75, 3.05) is 26.7 Å². The minimum absolute atomic E-state index is 0.0128. The number of hydrogen-bond acceptors (Lipinski definition) is 5. The molecule has 3 fully saturated rings. The maximum atomic E-state index is 14.3. The van der Waals surface area contributed by atoms with E-state index in [1.165, 1.54) is 12.0 Å². The maximum absolute atomic E-state index is 14.3. The number of nitrogens with one attached hydrogen (secondary N) is 3. The molecule has 2 aliphatic heterocycles. The van der Waals surface area contributed by atoms with E-state index in [-0.39, 0.29) is 48.3 Å². The number of aryl methyl sites for hydroxylation is 1. The molecule has 1 aliphatic carbocycles. The smallest absolute Gasteiger partial charge is 0.317 e. The van der Waals surface area contributed by atoms with Crippen molar-refractivity contribution in [3.05, 3.63) is 35.5 Å². The zero-order chi connectivity index (χ0) is 27.0. The second kappa shape index (κ2) is 11.1. The summed E-state index contributed by atoms with van der Waals surface area (Å²) in [6.07, 6.45) is 7.94. The zero-order valence-corrected chi connectivity index (χ0v) is 22.7. The van der Waals surface area contributed by atoms with E-state index in [2.05, 4.69) is 40.7 Å². The van der Waals surface area contributed by atoms with E-state index in [4.69, 9.17) is 0 Å². The van der Waals surface area contributed by atoms with Gasteiger partial charge in [-0.15, -0.1) is 0 Å². The molecule has 5 atom stereocenters. The van der Waals surface area contributed by atoms with Gasteiger partial charge in [-0.25, -0.2) is 0 Å². The van der Waals surface area contributed by atoms with Crippen molar-refractivity contribution >= 4 is 28.7 Å². The number of aromatic amines is 1. The summed E-state index contributed by atoms with van der Waals surface area (Å²) in [6.45, 7) is 4.99. The van der Waals surface area contributed by atoms with Gasteiger partial charge in [0, 0.05) is 42.1 Å². The van der Waals surface area contributed by atoms with Crippen molar-refractivity contribution in [2.24, 2.45) is 5.92 Å². The summed E-state index contributed by atoms with van der Waals surface area (Å²) in [5, 5.41) is 16.9. The molecule has 0 unspecified atom stereocenters. The Hall–Kier alpha value is -2.91. The second-order valence-electron chi connectivity index (χ2n) is 11.5. The third kappa shape index (κ3) is 5.06. The van der Waals surface area contributed by atoms with Gasteiger partial charge in [0.1, 0.15) is 6.04 Å². The number of likely N-dealkylation sites (tertiary alicyclic amines) is 2. The topological polar surface area (TPSA) is 118 Å². The van der Waals surface area contributed by atoms with Crippen LogP contribution in [0.1, 0.15) is 62.5 Å². The van der Waals surface area contributed by atoms with Crippen LogP contribution in [0.5, 0.6) is 0 Å². The molecule has 2 amide bonds. The Morgan fingerprint density at radius 3 is 2.63 bits per heavy atom. The molecule has 2 saturated heterocycles. The normalized spacial score (nSPS) is 25.9. The van der Waals surface area contributed by atoms with Crippen molar-refractivity contribution in [3.8, 4) is 0 Å². The second-order valence-corrected chi connectivity index (χ2v) is 11.5. The van der Waals surface area contributed by atoms with Crippen molar-refractivity contribution in [1.29, 1.82) is 0 Å². The number of fused-ring (bicyclic) bond motifs is 2. The lowest BCUT2D eigenvalue weighted by Crippen LogP contribution is -2.57. The molecular weight excluding hydrogens is 482 g/mol. The summed E-state index contributed by atoms with van der Waals surface area (Å²) in [5.74, 6) is -0.916. The van der Waals surface area contributed by atoms with Gasteiger partial charge in [-0.3, -0.25) is 19.3 Å². The number of aromatic nitrogens is 1. The monoisotopic (exact) mass is 523 g/mol. The van der Waals surface area contributed by atoms with Gasteiger partial charge in [0.15, 0.2) is 0 Å². The molecule has 1 aromatic heterocycles. The number of aliphatic carboxylic acids is 1. The van der Waals surface area contributed by atoms with Crippen LogP contribution in [0, 0.1) is 12.8 Å². The van der Waals surface area contributed by atoms with Gasteiger partial charge >= 0.3 is 5.97 Å².